The van der Waals surface area contributed by atoms with Crippen molar-refractivity contribution in [2.75, 3.05) is 36.9 Å². The Hall–Kier alpha value is -2.18. The monoisotopic (exact) mass is 373 g/mol. The number of nitrogens with zero attached hydrogens (tertiary/aromatic N) is 4. The summed E-state index contributed by atoms with van der Waals surface area (Å²) in [7, 11) is 2.01. The molecule has 0 atom stereocenters. The largest absolute Gasteiger partial charge is 0.341 e. The van der Waals surface area contributed by atoms with Crippen LogP contribution in [0.25, 0.3) is 0 Å². The maximum atomic E-state index is 12.2. The highest BCUT2D eigenvalue weighted by Gasteiger charge is 2.25. The number of halogens is 1. The molecule has 1 aliphatic heterocycles. The van der Waals surface area contributed by atoms with Gasteiger partial charge in [0.05, 0.1) is 24.0 Å². The summed E-state index contributed by atoms with van der Waals surface area (Å²) in [6, 6.07) is 8.22. The second-order valence-electron chi connectivity index (χ2n) is 6.73. The lowest BCUT2D eigenvalue weighted by Gasteiger charge is -2.36. The molecule has 1 saturated heterocycles. The van der Waals surface area contributed by atoms with Gasteiger partial charge in [-0.05, 0) is 31.9 Å². The van der Waals surface area contributed by atoms with Crippen molar-refractivity contribution >= 4 is 29.1 Å². The molecule has 6 nitrogen and oxygen atoms in total. The number of aryl methyl sites for hydroxylation is 1. The molecule has 0 unspecified atom stereocenters. The molecule has 26 heavy (non-hydrogen) atoms. The molecule has 0 spiro atoms. The maximum absolute atomic E-state index is 12.2. The normalized spacial score (nSPS) is 15.7. The van der Waals surface area contributed by atoms with E-state index in [9.17, 15) is 4.79 Å². The summed E-state index contributed by atoms with van der Waals surface area (Å²) in [6.45, 7) is 4.21. The number of carbonyl (C=O) groups excluding carboxylic acids is 1. The average molecular weight is 374 g/mol. The van der Waals surface area contributed by atoms with Crippen LogP contribution in [0.15, 0.2) is 36.7 Å². The van der Waals surface area contributed by atoms with Gasteiger partial charge >= 0.3 is 0 Å². The summed E-state index contributed by atoms with van der Waals surface area (Å²) in [6.07, 6.45) is 5.18. The molecular formula is C19H24ClN5O. The van der Waals surface area contributed by atoms with Gasteiger partial charge in [-0.25, -0.2) is 9.97 Å². The van der Waals surface area contributed by atoms with Gasteiger partial charge in [0, 0.05) is 31.9 Å². The zero-order valence-electron chi connectivity index (χ0n) is 15.2. The molecule has 2 aromatic rings. The van der Waals surface area contributed by atoms with Crippen LogP contribution in [0.5, 0.6) is 0 Å². The highest BCUT2D eigenvalue weighted by atomic mass is 35.5. The fourth-order valence-corrected chi connectivity index (χ4v) is 3.25. The zero-order chi connectivity index (χ0) is 18.5. The summed E-state index contributed by atoms with van der Waals surface area (Å²) in [5.74, 6) is 0.714. The van der Waals surface area contributed by atoms with Crippen molar-refractivity contribution in [1.29, 1.82) is 0 Å². The zero-order valence-corrected chi connectivity index (χ0v) is 15.9. The number of benzene rings is 1. The topological polar surface area (TPSA) is 61.4 Å². The quantitative estimate of drug-likeness (QED) is 0.873. The third-order valence-corrected chi connectivity index (χ3v) is 4.92. The van der Waals surface area contributed by atoms with Crippen LogP contribution < -0.4 is 10.2 Å². The third-order valence-electron chi connectivity index (χ3n) is 4.73. The standard InChI is InChI=1S/C19H24ClN5O/c1-14-3-5-16(6-4-14)23-18(26)13-25-9-7-17(8-10-25)24(2)19-21-11-15(20)12-22-19/h3-6,11-12,17H,7-10,13H2,1-2H3,(H,23,26). The molecule has 0 saturated carbocycles. The Morgan fingerprint density at radius 1 is 1.23 bits per heavy atom. The molecule has 0 bridgehead atoms. The van der Waals surface area contributed by atoms with Crippen LogP contribution in [0, 0.1) is 6.92 Å². The lowest BCUT2D eigenvalue weighted by Crippen LogP contribution is -2.46. The first-order chi connectivity index (χ1) is 12.5. The molecule has 1 N–H and O–H groups in total. The minimum atomic E-state index is 0.0293. The Kier molecular flexibility index (Phi) is 6.06. The number of rotatable bonds is 5. The lowest BCUT2D eigenvalue weighted by atomic mass is 10.0. The van der Waals surface area contributed by atoms with Crippen LogP contribution in [0.2, 0.25) is 5.02 Å². The lowest BCUT2D eigenvalue weighted by molar-refractivity contribution is -0.117. The number of amides is 1. The SMILES string of the molecule is Cc1ccc(NC(=O)CN2CCC(N(C)c3ncc(Cl)cn3)CC2)cc1. The van der Waals surface area contributed by atoms with Gasteiger partial charge in [0.15, 0.2) is 0 Å². The number of aromatic nitrogens is 2. The molecule has 0 aliphatic carbocycles. The fraction of sp³-hybridized carbons (Fsp3) is 0.421. The van der Waals surface area contributed by atoms with Crippen LogP contribution in [-0.4, -0.2) is 53.5 Å². The van der Waals surface area contributed by atoms with E-state index in [-0.39, 0.29) is 5.91 Å². The molecule has 1 amide bonds. The Morgan fingerprint density at radius 3 is 2.46 bits per heavy atom. The molecule has 7 heteroatoms. The number of hydrogen-bond acceptors (Lipinski definition) is 5. The number of anilines is 2. The molecule has 0 radical (unpaired) electrons. The van der Waals surface area contributed by atoms with Gasteiger partial charge in [-0.3, -0.25) is 9.69 Å². The predicted octanol–water partition coefficient (Wildman–Crippen LogP) is 2.98. The summed E-state index contributed by atoms with van der Waals surface area (Å²) in [5, 5.41) is 3.50. The predicted molar refractivity (Wildman–Crippen MR) is 105 cm³/mol. The second kappa shape index (κ2) is 8.47. The fourth-order valence-electron chi connectivity index (χ4n) is 3.16. The summed E-state index contributed by atoms with van der Waals surface area (Å²) in [5.41, 5.74) is 2.02. The van der Waals surface area contributed by atoms with E-state index in [1.807, 2.05) is 38.2 Å². The van der Waals surface area contributed by atoms with Gasteiger partial charge in [0.1, 0.15) is 0 Å². The van der Waals surface area contributed by atoms with Crippen molar-refractivity contribution < 1.29 is 4.79 Å². The van der Waals surface area contributed by atoms with Crippen molar-refractivity contribution in [3.63, 3.8) is 0 Å². The Morgan fingerprint density at radius 2 is 1.85 bits per heavy atom. The first-order valence-electron chi connectivity index (χ1n) is 8.80. The van der Waals surface area contributed by atoms with E-state index in [0.29, 0.717) is 23.6 Å². The first kappa shape index (κ1) is 18.6. The summed E-state index contributed by atoms with van der Waals surface area (Å²) >= 11 is 5.85. The van der Waals surface area contributed by atoms with Crippen molar-refractivity contribution in [3.05, 3.63) is 47.2 Å². The van der Waals surface area contributed by atoms with Crippen molar-refractivity contribution in [2.24, 2.45) is 0 Å². The maximum Gasteiger partial charge on any atom is 0.238 e. The summed E-state index contributed by atoms with van der Waals surface area (Å²) in [4.78, 5) is 25.1. The first-order valence-corrected chi connectivity index (χ1v) is 9.18. The van der Waals surface area contributed by atoms with Crippen LogP contribution in [0.4, 0.5) is 11.6 Å². The van der Waals surface area contributed by atoms with E-state index >= 15 is 0 Å². The number of likely N-dealkylation sites (tertiary alicyclic amines) is 1. The summed E-state index contributed by atoms with van der Waals surface area (Å²) < 4.78 is 0. The number of piperidine rings is 1. The highest BCUT2D eigenvalue weighted by Crippen LogP contribution is 2.20. The third kappa shape index (κ3) is 4.93. The van der Waals surface area contributed by atoms with Gasteiger partial charge in [0.2, 0.25) is 11.9 Å². The molecule has 3 rings (SSSR count). The Labute approximate surface area is 159 Å². The Bertz CT molecular complexity index is 727. The molecule has 1 fully saturated rings. The number of nitrogens with one attached hydrogen (secondary N) is 1. The van der Waals surface area contributed by atoms with Crippen LogP contribution in [-0.2, 0) is 4.79 Å². The van der Waals surface area contributed by atoms with Crippen molar-refractivity contribution in [3.8, 4) is 0 Å². The van der Waals surface area contributed by atoms with E-state index in [1.165, 1.54) is 5.56 Å². The van der Waals surface area contributed by atoms with Gasteiger partial charge in [-0.15, -0.1) is 0 Å². The smallest absolute Gasteiger partial charge is 0.238 e. The minimum absolute atomic E-state index is 0.0293. The average Bonchev–Trinajstić information content (AvgIpc) is 2.64. The van der Waals surface area contributed by atoms with Crippen LogP contribution >= 0.6 is 11.6 Å². The minimum Gasteiger partial charge on any atom is -0.341 e. The highest BCUT2D eigenvalue weighted by molar-refractivity contribution is 6.30. The van der Waals surface area contributed by atoms with E-state index < -0.39 is 0 Å². The van der Waals surface area contributed by atoms with E-state index in [1.54, 1.807) is 12.4 Å². The van der Waals surface area contributed by atoms with Gasteiger partial charge in [-0.2, -0.15) is 0 Å². The number of carbonyl (C=O) groups is 1. The van der Waals surface area contributed by atoms with Gasteiger partial charge in [-0.1, -0.05) is 29.3 Å². The Balaban J connectivity index is 1.46. The number of hydrogen-bond donors (Lipinski definition) is 1. The molecule has 1 aromatic heterocycles. The molecule has 1 aromatic carbocycles. The van der Waals surface area contributed by atoms with Gasteiger partial charge in [0.25, 0.3) is 0 Å². The van der Waals surface area contributed by atoms with Crippen molar-refractivity contribution in [1.82, 2.24) is 14.9 Å². The van der Waals surface area contributed by atoms with E-state index in [2.05, 4.69) is 25.1 Å². The molecule has 2 heterocycles. The molecule has 1 aliphatic rings. The molecular weight excluding hydrogens is 350 g/mol. The van der Waals surface area contributed by atoms with E-state index in [4.69, 9.17) is 11.6 Å². The van der Waals surface area contributed by atoms with Gasteiger partial charge < -0.3 is 10.2 Å². The van der Waals surface area contributed by atoms with Crippen molar-refractivity contribution in [2.45, 2.75) is 25.8 Å². The van der Waals surface area contributed by atoms with Crippen LogP contribution in [0.1, 0.15) is 18.4 Å². The molecule has 138 valence electrons. The second-order valence-corrected chi connectivity index (χ2v) is 7.17. The van der Waals surface area contributed by atoms with E-state index in [0.717, 1.165) is 31.6 Å². The van der Waals surface area contributed by atoms with Crippen LogP contribution in [0.3, 0.4) is 0 Å².